The molecular weight excluding hydrogens is 472 g/mol. The Morgan fingerprint density at radius 3 is 2.38 bits per heavy atom. The highest BCUT2D eigenvalue weighted by Gasteiger charge is 2.22. The fourth-order valence-electron chi connectivity index (χ4n) is 4.54. The Balaban J connectivity index is 1.57. The number of nitrogens with zero attached hydrogens (tertiary/aromatic N) is 7. The standard InChI is InChI=1S/C26H28N8O3/c1-16(2)23-27-24-21(25(35)32(3)26(36)33(24)13-14-37-4)34(23)15-17-9-11-18(12-10-17)19-7-5-6-8-20(19)22-28-30-31-29-22/h5-12,16H,13-15H2,1-4H3,(H,28,29,30,31). The average Bonchev–Trinajstić information content (AvgIpc) is 3.57. The number of aromatic nitrogens is 8. The summed E-state index contributed by atoms with van der Waals surface area (Å²) < 4.78 is 9.76. The summed E-state index contributed by atoms with van der Waals surface area (Å²) in [4.78, 5) is 30.9. The van der Waals surface area contributed by atoms with Crippen LogP contribution in [0.3, 0.4) is 0 Å². The van der Waals surface area contributed by atoms with E-state index >= 15 is 0 Å². The minimum Gasteiger partial charge on any atom is -0.383 e. The smallest absolute Gasteiger partial charge is 0.332 e. The van der Waals surface area contributed by atoms with Gasteiger partial charge in [-0.2, -0.15) is 5.21 Å². The molecule has 5 aromatic rings. The second kappa shape index (κ2) is 9.94. The highest BCUT2D eigenvalue weighted by atomic mass is 16.5. The first-order chi connectivity index (χ1) is 17.9. The number of aromatic amines is 1. The molecule has 3 aromatic heterocycles. The van der Waals surface area contributed by atoms with Crippen LogP contribution in [-0.2, 0) is 24.9 Å². The largest absolute Gasteiger partial charge is 0.383 e. The van der Waals surface area contributed by atoms with Crippen LogP contribution in [0, 0.1) is 0 Å². The van der Waals surface area contributed by atoms with E-state index in [0.29, 0.717) is 36.7 Å². The predicted molar refractivity (Wildman–Crippen MR) is 139 cm³/mol. The van der Waals surface area contributed by atoms with Crippen molar-refractivity contribution in [2.45, 2.75) is 32.9 Å². The molecule has 0 unspecified atom stereocenters. The topological polar surface area (TPSA) is 126 Å². The van der Waals surface area contributed by atoms with Crippen molar-refractivity contribution in [3.05, 3.63) is 80.8 Å². The van der Waals surface area contributed by atoms with Gasteiger partial charge < -0.3 is 9.30 Å². The first-order valence-corrected chi connectivity index (χ1v) is 12.0. The van der Waals surface area contributed by atoms with Crippen molar-refractivity contribution in [2.75, 3.05) is 13.7 Å². The summed E-state index contributed by atoms with van der Waals surface area (Å²) in [6.45, 7) is 5.14. The Labute approximate surface area is 212 Å². The summed E-state index contributed by atoms with van der Waals surface area (Å²) in [7, 11) is 3.07. The molecule has 11 heteroatoms. The minimum atomic E-state index is -0.404. The monoisotopic (exact) mass is 500 g/mol. The molecule has 11 nitrogen and oxygen atoms in total. The van der Waals surface area contributed by atoms with Gasteiger partial charge in [0.05, 0.1) is 13.2 Å². The van der Waals surface area contributed by atoms with Gasteiger partial charge in [0.1, 0.15) is 5.82 Å². The minimum absolute atomic E-state index is 0.0455. The van der Waals surface area contributed by atoms with E-state index in [9.17, 15) is 9.59 Å². The number of hydrogen-bond donors (Lipinski definition) is 1. The van der Waals surface area contributed by atoms with E-state index in [1.54, 1.807) is 7.11 Å². The van der Waals surface area contributed by atoms with Gasteiger partial charge >= 0.3 is 5.69 Å². The van der Waals surface area contributed by atoms with E-state index in [4.69, 9.17) is 9.72 Å². The molecular formula is C26H28N8O3. The van der Waals surface area contributed by atoms with E-state index in [0.717, 1.165) is 32.6 Å². The lowest BCUT2D eigenvalue weighted by Gasteiger charge is -2.13. The fraction of sp³-hybridized carbons (Fsp3) is 0.308. The van der Waals surface area contributed by atoms with Crippen molar-refractivity contribution in [3.8, 4) is 22.5 Å². The average molecular weight is 501 g/mol. The summed E-state index contributed by atoms with van der Waals surface area (Å²) in [5.41, 5.74) is 3.91. The zero-order chi connectivity index (χ0) is 26.1. The van der Waals surface area contributed by atoms with Gasteiger partial charge in [0.15, 0.2) is 11.2 Å². The molecule has 190 valence electrons. The van der Waals surface area contributed by atoms with Crippen LogP contribution in [0.4, 0.5) is 0 Å². The summed E-state index contributed by atoms with van der Waals surface area (Å²) in [6, 6.07) is 16.0. The highest BCUT2D eigenvalue weighted by molar-refractivity contribution is 5.80. The van der Waals surface area contributed by atoms with Gasteiger partial charge in [-0.05, 0) is 21.9 Å². The van der Waals surface area contributed by atoms with Gasteiger partial charge in [0.2, 0.25) is 5.82 Å². The first kappa shape index (κ1) is 24.3. The molecule has 0 spiro atoms. The molecule has 3 heterocycles. The molecule has 0 bridgehead atoms. The van der Waals surface area contributed by atoms with E-state index in [-0.39, 0.29) is 11.5 Å². The second-order valence-corrected chi connectivity index (χ2v) is 9.15. The number of fused-ring (bicyclic) bond motifs is 1. The van der Waals surface area contributed by atoms with Crippen molar-refractivity contribution < 1.29 is 4.74 Å². The van der Waals surface area contributed by atoms with Gasteiger partial charge in [-0.25, -0.2) is 9.78 Å². The Bertz CT molecular complexity index is 1660. The van der Waals surface area contributed by atoms with E-state index < -0.39 is 5.69 Å². The number of benzene rings is 2. The molecule has 0 aliphatic carbocycles. The summed E-state index contributed by atoms with van der Waals surface area (Å²) in [6.07, 6.45) is 0. The number of methoxy groups -OCH3 is 1. The van der Waals surface area contributed by atoms with Crippen LogP contribution in [0.2, 0.25) is 0 Å². The molecule has 0 saturated heterocycles. The van der Waals surface area contributed by atoms with Crippen LogP contribution in [0.1, 0.15) is 31.2 Å². The normalized spacial score (nSPS) is 11.6. The quantitative estimate of drug-likeness (QED) is 0.347. The van der Waals surface area contributed by atoms with Gasteiger partial charge in [-0.15, -0.1) is 10.2 Å². The molecule has 0 saturated carbocycles. The third kappa shape index (κ3) is 4.38. The molecule has 2 aromatic carbocycles. The van der Waals surface area contributed by atoms with Crippen molar-refractivity contribution in [1.29, 1.82) is 0 Å². The third-order valence-corrected chi connectivity index (χ3v) is 6.41. The zero-order valence-electron chi connectivity index (χ0n) is 21.2. The van der Waals surface area contributed by atoms with Gasteiger partial charge in [0.25, 0.3) is 5.56 Å². The second-order valence-electron chi connectivity index (χ2n) is 9.15. The van der Waals surface area contributed by atoms with Crippen molar-refractivity contribution >= 4 is 11.2 Å². The number of hydrogen-bond acceptors (Lipinski definition) is 7. The Hall–Kier alpha value is -4.38. The Morgan fingerprint density at radius 1 is 1.00 bits per heavy atom. The third-order valence-electron chi connectivity index (χ3n) is 6.41. The van der Waals surface area contributed by atoms with Crippen molar-refractivity contribution in [2.24, 2.45) is 7.05 Å². The van der Waals surface area contributed by atoms with E-state index in [2.05, 4.69) is 20.6 Å². The van der Waals surface area contributed by atoms with Crippen LogP contribution >= 0.6 is 0 Å². The maximum Gasteiger partial charge on any atom is 0.332 e. The molecule has 0 amide bonds. The van der Waals surface area contributed by atoms with Crippen LogP contribution in [0.25, 0.3) is 33.7 Å². The SMILES string of the molecule is COCCn1c(=O)n(C)c(=O)c2c1nc(C(C)C)n2Cc1ccc(-c2ccccc2-c2nn[nH]n2)cc1. The number of rotatable bonds is 8. The highest BCUT2D eigenvalue weighted by Crippen LogP contribution is 2.30. The Kier molecular flexibility index (Phi) is 6.53. The maximum atomic E-state index is 13.2. The summed E-state index contributed by atoms with van der Waals surface area (Å²) in [5.74, 6) is 1.32. The van der Waals surface area contributed by atoms with Gasteiger partial charge in [0, 0.05) is 32.2 Å². The number of H-pyrrole nitrogens is 1. The number of nitrogens with one attached hydrogen (secondary N) is 1. The van der Waals surface area contributed by atoms with Crippen LogP contribution in [0.15, 0.2) is 58.1 Å². The lowest BCUT2D eigenvalue weighted by atomic mass is 9.98. The molecule has 5 rings (SSSR count). The molecule has 0 fully saturated rings. The van der Waals surface area contributed by atoms with Gasteiger partial charge in [-0.1, -0.05) is 62.4 Å². The van der Waals surface area contributed by atoms with Gasteiger partial charge in [-0.3, -0.25) is 13.9 Å². The molecule has 1 N–H and O–H groups in total. The Morgan fingerprint density at radius 2 is 1.73 bits per heavy atom. The van der Waals surface area contributed by atoms with Crippen molar-refractivity contribution in [1.82, 2.24) is 39.3 Å². The number of tetrazole rings is 1. The van der Waals surface area contributed by atoms with Crippen LogP contribution in [-0.4, -0.2) is 53.0 Å². The predicted octanol–water partition coefficient (Wildman–Crippen LogP) is 2.56. The van der Waals surface area contributed by atoms with E-state index in [1.807, 2.05) is 66.9 Å². The molecule has 37 heavy (non-hydrogen) atoms. The molecule has 0 aliphatic heterocycles. The molecule has 0 atom stereocenters. The maximum absolute atomic E-state index is 13.2. The fourth-order valence-corrected chi connectivity index (χ4v) is 4.54. The summed E-state index contributed by atoms with van der Waals surface area (Å²) in [5, 5.41) is 14.4. The first-order valence-electron chi connectivity index (χ1n) is 12.0. The van der Waals surface area contributed by atoms with E-state index in [1.165, 1.54) is 11.6 Å². The number of ether oxygens (including phenoxy) is 1. The van der Waals surface area contributed by atoms with Crippen molar-refractivity contribution in [3.63, 3.8) is 0 Å². The lowest BCUT2D eigenvalue weighted by Crippen LogP contribution is -2.39. The molecule has 0 aliphatic rings. The zero-order valence-corrected chi connectivity index (χ0v) is 21.2. The lowest BCUT2D eigenvalue weighted by molar-refractivity contribution is 0.186. The van der Waals surface area contributed by atoms with Crippen LogP contribution in [0.5, 0.6) is 0 Å². The summed E-state index contributed by atoms with van der Waals surface area (Å²) >= 11 is 0. The number of imidazole rings is 1. The molecule has 0 radical (unpaired) electrons. The van der Waals surface area contributed by atoms with Crippen LogP contribution < -0.4 is 11.2 Å².